The van der Waals surface area contributed by atoms with E-state index in [2.05, 4.69) is 15.5 Å². The topological polar surface area (TPSA) is 94.0 Å². The van der Waals surface area contributed by atoms with Crippen LogP contribution in [0.3, 0.4) is 0 Å². The smallest absolute Gasteiger partial charge is 0.320 e. The lowest BCUT2D eigenvalue weighted by Crippen LogP contribution is -2.36. The first-order chi connectivity index (χ1) is 6.99. The van der Waals surface area contributed by atoms with E-state index in [9.17, 15) is 4.79 Å². The molecule has 0 aliphatic heterocycles. The predicted molar refractivity (Wildman–Crippen MR) is 55.1 cm³/mol. The molecule has 0 radical (unpaired) electrons. The number of amides is 1. The number of anilines is 1. The van der Waals surface area contributed by atoms with E-state index in [1.165, 1.54) is 0 Å². The summed E-state index contributed by atoms with van der Waals surface area (Å²) in [4.78, 5) is 15.3. The summed E-state index contributed by atoms with van der Waals surface area (Å²) in [5, 5.41) is 6.01. The Morgan fingerprint density at radius 3 is 2.73 bits per heavy atom. The fourth-order valence-corrected chi connectivity index (χ4v) is 1.16. The van der Waals surface area contributed by atoms with Gasteiger partial charge in [-0.05, 0) is 19.3 Å². The van der Waals surface area contributed by atoms with Gasteiger partial charge in [0.15, 0.2) is 5.82 Å². The lowest BCUT2D eigenvalue weighted by molar-refractivity contribution is -0.117. The molecule has 1 amide bonds. The van der Waals surface area contributed by atoms with Crippen LogP contribution in [0.15, 0.2) is 4.52 Å². The molecule has 0 bridgehead atoms. The first-order valence-corrected chi connectivity index (χ1v) is 4.85. The van der Waals surface area contributed by atoms with Gasteiger partial charge in [-0.2, -0.15) is 4.98 Å². The number of rotatable bonds is 4. The van der Waals surface area contributed by atoms with Crippen LogP contribution in [-0.4, -0.2) is 22.1 Å². The number of carbonyl (C=O) groups excluding carboxylic acids is 1. The van der Waals surface area contributed by atoms with Crippen molar-refractivity contribution in [2.45, 2.75) is 33.2 Å². The predicted octanol–water partition coefficient (Wildman–Crippen LogP) is 0.690. The minimum atomic E-state index is -0.544. The van der Waals surface area contributed by atoms with Gasteiger partial charge in [-0.15, -0.1) is 0 Å². The second-order valence-electron chi connectivity index (χ2n) is 3.87. The maximum Gasteiger partial charge on any atom is 0.328 e. The minimum Gasteiger partial charge on any atom is -0.320 e. The number of nitrogens with zero attached hydrogens (tertiary/aromatic N) is 2. The zero-order valence-electron chi connectivity index (χ0n) is 9.15. The highest BCUT2D eigenvalue weighted by Gasteiger charge is 2.17. The first-order valence-electron chi connectivity index (χ1n) is 4.85. The molecule has 15 heavy (non-hydrogen) atoms. The zero-order valence-corrected chi connectivity index (χ0v) is 9.15. The molecular formula is C9H16N4O2. The van der Waals surface area contributed by atoms with Crippen LogP contribution in [0.1, 0.15) is 26.1 Å². The van der Waals surface area contributed by atoms with Crippen molar-refractivity contribution in [2.24, 2.45) is 11.7 Å². The van der Waals surface area contributed by atoms with Crippen LogP contribution in [0.25, 0.3) is 0 Å². The summed E-state index contributed by atoms with van der Waals surface area (Å²) in [6.45, 7) is 5.68. The number of aromatic nitrogens is 2. The molecule has 6 heteroatoms. The van der Waals surface area contributed by atoms with Gasteiger partial charge in [0.25, 0.3) is 0 Å². The van der Waals surface area contributed by atoms with Crippen LogP contribution in [0.4, 0.5) is 6.01 Å². The van der Waals surface area contributed by atoms with E-state index in [0.29, 0.717) is 18.2 Å². The number of hydrogen-bond acceptors (Lipinski definition) is 5. The number of nitrogens with one attached hydrogen (secondary N) is 1. The lowest BCUT2D eigenvalue weighted by Gasteiger charge is -2.11. The average Bonchev–Trinajstić information content (AvgIpc) is 2.50. The van der Waals surface area contributed by atoms with Crippen molar-refractivity contribution in [3.05, 3.63) is 5.82 Å². The van der Waals surface area contributed by atoms with Crippen molar-refractivity contribution >= 4 is 11.9 Å². The van der Waals surface area contributed by atoms with Crippen molar-refractivity contribution in [3.8, 4) is 0 Å². The second kappa shape index (κ2) is 4.88. The van der Waals surface area contributed by atoms with E-state index in [-0.39, 0.29) is 11.9 Å². The fraction of sp³-hybridized carbons (Fsp3) is 0.667. The SMILES string of the molecule is Cc1noc(NC(=O)[C@@H](N)CC(C)C)n1. The van der Waals surface area contributed by atoms with E-state index < -0.39 is 6.04 Å². The highest BCUT2D eigenvalue weighted by atomic mass is 16.5. The lowest BCUT2D eigenvalue weighted by atomic mass is 10.0. The van der Waals surface area contributed by atoms with Gasteiger partial charge in [-0.3, -0.25) is 10.1 Å². The van der Waals surface area contributed by atoms with Gasteiger partial charge in [0, 0.05) is 0 Å². The Kier molecular flexibility index (Phi) is 3.79. The molecule has 0 unspecified atom stereocenters. The largest absolute Gasteiger partial charge is 0.328 e. The molecular weight excluding hydrogens is 196 g/mol. The van der Waals surface area contributed by atoms with Gasteiger partial charge in [0.2, 0.25) is 5.91 Å². The summed E-state index contributed by atoms with van der Waals surface area (Å²) in [7, 11) is 0. The van der Waals surface area contributed by atoms with Crippen LogP contribution in [0.5, 0.6) is 0 Å². The third-order valence-electron chi connectivity index (χ3n) is 1.82. The molecule has 84 valence electrons. The molecule has 0 saturated heterocycles. The van der Waals surface area contributed by atoms with Crippen molar-refractivity contribution in [1.29, 1.82) is 0 Å². The summed E-state index contributed by atoms with van der Waals surface area (Å²) in [5.41, 5.74) is 5.67. The van der Waals surface area contributed by atoms with Gasteiger partial charge < -0.3 is 10.3 Å². The molecule has 1 aromatic rings. The Morgan fingerprint density at radius 2 is 2.27 bits per heavy atom. The van der Waals surface area contributed by atoms with E-state index in [1.807, 2.05) is 13.8 Å². The Hall–Kier alpha value is -1.43. The van der Waals surface area contributed by atoms with E-state index in [0.717, 1.165) is 0 Å². The molecule has 6 nitrogen and oxygen atoms in total. The molecule has 1 atom stereocenters. The monoisotopic (exact) mass is 212 g/mol. The van der Waals surface area contributed by atoms with E-state index >= 15 is 0 Å². The number of aryl methyl sites for hydroxylation is 1. The molecule has 1 rings (SSSR count). The summed E-state index contributed by atoms with van der Waals surface area (Å²) in [5.74, 6) is 0.547. The fourth-order valence-electron chi connectivity index (χ4n) is 1.16. The summed E-state index contributed by atoms with van der Waals surface area (Å²) < 4.78 is 4.74. The third-order valence-corrected chi connectivity index (χ3v) is 1.82. The maximum atomic E-state index is 11.5. The van der Waals surface area contributed by atoms with Gasteiger partial charge in [-0.1, -0.05) is 19.0 Å². The summed E-state index contributed by atoms with van der Waals surface area (Å²) in [6, 6.07) is -0.450. The Bertz CT molecular complexity index is 335. The van der Waals surface area contributed by atoms with Gasteiger partial charge in [0.1, 0.15) is 0 Å². The Balaban J connectivity index is 2.48. The molecule has 3 N–H and O–H groups in total. The van der Waals surface area contributed by atoms with Crippen LogP contribution in [0.2, 0.25) is 0 Å². The third kappa shape index (κ3) is 3.67. The van der Waals surface area contributed by atoms with Crippen LogP contribution in [0, 0.1) is 12.8 Å². The average molecular weight is 212 g/mol. The maximum absolute atomic E-state index is 11.5. The Morgan fingerprint density at radius 1 is 1.60 bits per heavy atom. The van der Waals surface area contributed by atoms with E-state index in [4.69, 9.17) is 10.3 Å². The van der Waals surface area contributed by atoms with Gasteiger partial charge in [0.05, 0.1) is 6.04 Å². The Labute approximate surface area is 88.2 Å². The molecule has 0 aromatic carbocycles. The highest BCUT2D eigenvalue weighted by molar-refractivity contribution is 5.92. The van der Waals surface area contributed by atoms with E-state index in [1.54, 1.807) is 6.92 Å². The molecule has 1 aromatic heterocycles. The van der Waals surface area contributed by atoms with Gasteiger partial charge >= 0.3 is 6.01 Å². The van der Waals surface area contributed by atoms with Crippen molar-refractivity contribution in [2.75, 3.05) is 5.32 Å². The molecule has 1 heterocycles. The highest BCUT2D eigenvalue weighted by Crippen LogP contribution is 2.06. The molecule has 0 aliphatic rings. The standard InChI is InChI=1S/C9H16N4O2/c1-5(2)4-7(10)8(14)12-9-11-6(3)13-15-9/h5,7H,4,10H2,1-3H3,(H,11,12,13,14)/t7-/m0/s1. The van der Waals surface area contributed by atoms with Gasteiger partial charge in [-0.25, -0.2) is 0 Å². The quantitative estimate of drug-likeness (QED) is 0.765. The van der Waals surface area contributed by atoms with Crippen molar-refractivity contribution in [3.63, 3.8) is 0 Å². The number of hydrogen-bond donors (Lipinski definition) is 2. The summed E-state index contributed by atoms with van der Waals surface area (Å²) in [6.07, 6.45) is 0.624. The van der Waals surface area contributed by atoms with Crippen LogP contribution >= 0.6 is 0 Å². The molecule has 0 spiro atoms. The van der Waals surface area contributed by atoms with Crippen LogP contribution < -0.4 is 11.1 Å². The van der Waals surface area contributed by atoms with Crippen molar-refractivity contribution < 1.29 is 9.32 Å². The first kappa shape index (κ1) is 11.6. The number of nitrogens with two attached hydrogens (primary N) is 1. The minimum absolute atomic E-state index is 0.0942. The number of carbonyl (C=O) groups is 1. The zero-order chi connectivity index (χ0) is 11.4. The normalized spacial score (nSPS) is 12.9. The second-order valence-corrected chi connectivity index (χ2v) is 3.87. The molecule has 0 fully saturated rings. The molecule has 0 saturated carbocycles. The summed E-state index contributed by atoms with van der Waals surface area (Å²) >= 11 is 0. The van der Waals surface area contributed by atoms with Crippen LogP contribution in [-0.2, 0) is 4.79 Å². The molecule has 0 aliphatic carbocycles. The van der Waals surface area contributed by atoms with Crippen molar-refractivity contribution in [1.82, 2.24) is 10.1 Å².